The molecule has 0 spiro atoms. The Morgan fingerprint density at radius 3 is 2.85 bits per heavy atom. The van der Waals surface area contributed by atoms with Gasteiger partial charge in [-0.3, -0.25) is 4.79 Å². The van der Waals surface area contributed by atoms with E-state index in [1.807, 2.05) is 11.9 Å². The third-order valence-corrected chi connectivity index (χ3v) is 4.77. The van der Waals surface area contributed by atoms with Gasteiger partial charge in [-0.2, -0.15) is 0 Å². The van der Waals surface area contributed by atoms with Crippen molar-refractivity contribution in [2.45, 2.75) is 25.7 Å². The summed E-state index contributed by atoms with van der Waals surface area (Å²) < 4.78 is 0. The van der Waals surface area contributed by atoms with Crippen LogP contribution in [0.2, 0.25) is 0 Å². The molecule has 1 heterocycles. The molecule has 3 heteroatoms. The van der Waals surface area contributed by atoms with Crippen molar-refractivity contribution in [2.24, 2.45) is 11.8 Å². The van der Waals surface area contributed by atoms with Crippen LogP contribution in [0, 0.1) is 11.8 Å². The Kier molecular flexibility index (Phi) is 4.06. The Bertz CT molecular complexity index is 480. The van der Waals surface area contributed by atoms with Crippen molar-refractivity contribution < 1.29 is 4.79 Å². The highest BCUT2D eigenvalue weighted by molar-refractivity contribution is 5.79. The Balaban J connectivity index is 1.60. The van der Waals surface area contributed by atoms with Crippen molar-refractivity contribution in [3.05, 3.63) is 35.4 Å². The van der Waals surface area contributed by atoms with Crippen LogP contribution in [-0.2, 0) is 17.6 Å². The van der Waals surface area contributed by atoms with E-state index in [1.54, 1.807) is 0 Å². The van der Waals surface area contributed by atoms with Gasteiger partial charge in [0, 0.05) is 19.5 Å². The number of aryl methyl sites for hydroxylation is 1. The van der Waals surface area contributed by atoms with E-state index in [4.69, 9.17) is 0 Å². The van der Waals surface area contributed by atoms with Crippen LogP contribution >= 0.6 is 0 Å². The van der Waals surface area contributed by atoms with Gasteiger partial charge < -0.3 is 10.2 Å². The molecule has 1 N–H and O–H groups in total. The predicted octanol–water partition coefficient (Wildman–Crippen LogP) is 1.86. The van der Waals surface area contributed by atoms with Crippen LogP contribution in [0.25, 0.3) is 0 Å². The molecule has 1 unspecified atom stereocenters. The summed E-state index contributed by atoms with van der Waals surface area (Å²) in [5.41, 5.74) is 2.80. The van der Waals surface area contributed by atoms with E-state index in [0.717, 1.165) is 38.9 Å². The number of fused-ring (bicyclic) bond motifs is 1. The first-order valence-corrected chi connectivity index (χ1v) is 7.76. The van der Waals surface area contributed by atoms with Gasteiger partial charge in [0.1, 0.15) is 0 Å². The van der Waals surface area contributed by atoms with Gasteiger partial charge in [0.15, 0.2) is 0 Å². The van der Waals surface area contributed by atoms with Gasteiger partial charge in [-0.05, 0) is 55.8 Å². The lowest BCUT2D eigenvalue weighted by Gasteiger charge is -2.29. The van der Waals surface area contributed by atoms with E-state index in [1.165, 1.54) is 17.5 Å². The predicted molar refractivity (Wildman–Crippen MR) is 80.6 cm³/mol. The first-order valence-electron chi connectivity index (χ1n) is 7.76. The molecule has 1 aliphatic heterocycles. The molecule has 3 nitrogen and oxygen atoms in total. The van der Waals surface area contributed by atoms with E-state index < -0.39 is 0 Å². The van der Waals surface area contributed by atoms with Crippen molar-refractivity contribution in [2.75, 3.05) is 26.7 Å². The monoisotopic (exact) mass is 272 g/mol. The zero-order chi connectivity index (χ0) is 13.9. The molecule has 3 rings (SSSR count). The standard InChI is InChI=1S/C17H24N2O/c1-19(12-13-8-9-18-11-13)17(20)16-7-6-14-4-2-3-5-15(14)10-16/h2-5,13,16,18H,6-12H2,1H3/t13-,16?/m0/s1. The maximum atomic E-state index is 12.6. The Morgan fingerprint density at radius 1 is 1.30 bits per heavy atom. The van der Waals surface area contributed by atoms with Crippen LogP contribution in [0.15, 0.2) is 24.3 Å². The van der Waals surface area contributed by atoms with Crippen molar-refractivity contribution >= 4 is 5.91 Å². The number of benzene rings is 1. The normalized spacial score (nSPS) is 25.2. The molecular weight excluding hydrogens is 248 g/mol. The molecule has 0 radical (unpaired) electrons. The summed E-state index contributed by atoms with van der Waals surface area (Å²) in [4.78, 5) is 14.6. The van der Waals surface area contributed by atoms with Gasteiger partial charge in [0.25, 0.3) is 0 Å². The minimum Gasteiger partial charge on any atom is -0.345 e. The number of carbonyl (C=O) groups excluding carboxylic acids is 1. The number of nitrogens with one attached hydrogen (secondary N) is 1. The third kappa shape index (κ3) is 2.88. The second-order valence-electron chi connectivity index (χ2n) is 6.29. The van der Waals surface area contributed by atoms with E-state index in [9.17, 15) is 4.79 Å². The lowest BCUT2D eigenvalue weighted by atomic mass is 9.83. The number of hydrogen-bond acceptors (Lipinski definition) is 2. The lowest BCUT2D eigenvalue weighted by molar-refractivity contribution is -0.135. The Hall–Kier alpha value is -1.35. The number of amides is 1. The third-order valence-electron chi connectivity index (χ3n) is 4.77. The van der Waals surface area contributed by atoms with Crippen molar-refractivity contribution in [1.29, 1.82) is 0 Å². The maximum Gasteiger partial charge on any atom is 0.225 e. The van der Waals surface area contributed by atoms with E-state index >= 15 is 0 Å². The fraction of sp³-hybridized carbons (Fsp3) is 0.588. The van der Waals surface area contributed by atoms with Crippen molar-refractivity contribution in [3.63, 3.8) is 0 Å². The van der Waals surface area contributed by atoms with Crippen molar-refractivity contribution in [3.8, 4) is 0 Å². The summed E-state index contributed by atoms with van der Waals surface area (Å²) >= 11 is 0. The molecule has 0 bridgehead atoms. The molecule has 1 aromatic carbocycles. The lowest BCUT2D eigenvalue weighted by Crippen LogP contribution is -2.38. The number of hydrogen-bond donors (Lipinski definition) is 1. The van der Waals surface area contributed by atoms with Gasteiger partial charge in [-0.1, -0.05) is 24.3 Å². The average molecular weight is 272 g/mol. The summed E-state index contributed by atoms with van der Waals surface area (Å²) in [5, 5.41) is 3.37. The van der Waals surface area contributed by atoms with Gasteiger partial charge in [0.2, 0.25) is 5.91 Å². The summed E-state index contributed by atoms with van der Waals surface area (Å²) in [6.07, 6.45) is 4.17. The molecule has 108 valence electrons. The summed E-state index contributed by atoms with van der Waals surface area (Å²) in [6.45, 7) is 3.07. The zero-order valence-electron chi connectivity index (χ0n) is 12.3. The second-order valence-corrected chi connectivity index (χ2v) is 6.29. The first-order chi connectivity index (χ1) is 9.74. The smallest absolute Gasteiger partial charge is 0.225 e. The largest absolute Gasteiger partial charge is 0.345 e. The van der Waals surface area contributed by atoms with Crippen LogP contribution in [0.3, 0.4) is 0 Å². The van der Waals surface area contributed by atoms with Gasteiger partial charge in [0.05, 0.1) is 0 Å². The quantitative estimate of drug-likeness (QED) is 0.911. The van der Waals surface area contributed by atoms with E-state index in [2.05, 4.69) is 29.6 Å². The van der Waals surface area contributed by atoms with E-state index in [0.29, 0.717) is 11.8 Å². The highest BCUT2D eigenvalue weighted by atomic mass is 16.2. The molecule has 1 saturated heterocycles. The maximum absolute atomic E-state index is 12.6. The number of rotatable bonds is 3. The summed E-state index contributed by atoms with van der Waals surface area (Å²) in [7, 11) is 1.97. The molecule has 0 aromatic heterocycles. The molecule has 1 fully saturated rings. The second kappa shape index (κ2) is 5.96. The molecule has 2 aliphatic rings. The number of carbonyl (C=O) groups is 1. The van der Waals surface area contributed by atoms with Crippen LogP contribution in [0.1, 0.15) is 24.0 Å². The fourth-order valence-electron chi connectivity index (χ4n) is 3.57. The SMILES string of the molecule is CN(C[C@H]1CCNC1)C(=O)C1CCc2ccccc2C1. The molecule has 0 saturated carbocycles. The summed E-state index contributed by atoms with van der Waals surface area (Å²) in [6, 6.07) is 8.55. The molecule has 2 atom stereocenters. The molecule has 1 aliphatic carbocycles. The van der Waals surface area contributed by atoms with Gasteiger partial charge in [-0.25, -0.2) is 0 Å². The number of nitrogens with zero attached hydrogens (tertiary/aromatic N) is 1. The molecule has 1 aromatic rings. The Labute approximate surface area is 121 Å². The highest BCUT2D eigenvalue weighted by Crippen LogP contribution is 2.26. The molecule has 1 amide bonds. The highest BCUT2D eigenvalue weighted by Gasteiger charge is 2.28. The topological polar surface area (TPSA) is 32.3 Å². The zero-order valence-corrected chi connectivity index (χ0v) is 12.3. The first kappa shape index (κ1) is 13.6. The van der Waals surface area contributed by atoms with Crippen LogP contribution < -0.4 is 5.32 Å². The van der Waals surface area contributed by atoms with Gasteiger partial charge in [-0.15, -0.1) is 0 Å². The van der Waals surface area contributed by atoms with Crippen LogP contribution in [0.4, 0.5) is 0 Å². The molecular formula is C17H24N2O. The van der Waals surface area contributed by atoms with Crippen LogP contribution in [-0.4, -0.2) is 37.5 Å². The van der Waals surface area contributed by atoms with Crippen LogP contribution in [0.5, 0.6) is 0 Å². The van der Waals surface area contributed by atoms with E-state index in [-0.39, 0.29) is 5.92 Å². The molecule has 20 heavy (non-hydrogen) atoms. The summed E-state index contributed by atoms with van der Waals surface area (Å²) in [5.74, 6) is 1.16. The minimum absolute atomic E-state index is 0.185. The fourth-order valence-corrected chi connectivity index (χ4v) is 3.57. The average Bonchev–Trinajstić information content (AvgIpc) is 2.99. The minimum atomic E-state index is 0.185. The van der Waals surface area contributed by atoms with Gasteiger partial charge >= 0.3 is 0 Å². The Morgan fingerprint density at radius 2 is 2.10 bits per heavy atom. The van der Waals surface area contributed by atoms with Crippen molar-refractivity contribution in [1.82, 2.24) is 10.2 Å².